The molecule has 5 aromatic rings. The lowest BCUT2D eigenvalue weighted by atomic mass is 9.82. The van der Waals surface area contributed by atoms with Crippen LogP contribution in [-0.2, 0) is 5.41 Å². The number of nitrogens with zero attached hydrogens (tertiary/aromatic N) is 5. The molecule has 5 aromatic carbocycles. The summed E-state index contributed by atoms with van der Waals surface area (Å²) in [5.41, 5.74) is 15.8. The van der Waals surface area contributed by atoms with Crippen molar-refractivity contribution in [2.75, 3.05) is 4.90 Å². The van der Waals surface area contributed by atoms with Crippen LogP contribution >= 0.6 is 0 Å². The molecule has 0 saturated heterocycles. The second kappa shape index (κ2) is 15.4. The van der Waals surface area contributed by atoms with E-state index < -0.39 is 26.3 Å². The Morgan fingerprint density at radius 1 is 0.590 bits per heavy atom. The average molecular weight is 844 g/mol. The Kier molecular flexibility index (Phi) is 10.1. The molecule has 0 bridgehead atoms. The van der Waals surface area contributed by atoms with Gasteiger partial charge in [0.1, 0.15) is 5.71 Å². The van der Waals surface area contributed by atoms with Gasteiger partial charge in [-0.3, -0.25) is 20.1 Å². The standard InChI is InChI=1S/C51H49N7Si3/c1-51(2)39-20-13-12-18-38(39)45-35(19-14-21-40(45)51)33-24-26-34(27-25-33)37-29-31-44(50-48(37)56-61(7,8)57-50)58(42-23-15-22-41(47(42)53)54-59(3)4)43-30-28-36(32-16-10-9-11-17-32)46(52)49(43)55-60(5)6/h9-31,52-53H,1-8H3/b52-46?,53-47?,54-41-,55-49-. The van der Waals surface area contributed by atoms with Gasteiger partial charge in [-0.2, -0.15) is 0 Å². The van der Waals surface area contributed by atoms with Crippen LogP contribution in [0.4, 0.5) is 5.69 Å². The second-order valence-electron chi connectivity index (χ2n) is 17.4. The summed E-state index contributed by atoms with van der Waals surface area (Å²) in [6, 6.07) is 38.8. The summed E-state index contributed by atoms with van der Waals surface area (Å²) >= 11 is 0. The van der Waals surface area contributed by atoms with E-state index in [0.717, 1.165) is 44.4 Å². The summed E-state index contributed by atoms with van der Waals surface area (Å²) in [5.74, 6) is 0. The van der Waals surface area contributed by atoms with Crippen LogP contribution in [0.25, 0.3) is 39.0 Å². The molecule has 61 heavy (non-hydrogen) atoms. The second-order valence-corrected chi connectivity index (χ2v) is 25.0. The first kappa shape index (κ1) is 40.2. The van der Waals surface area contributed by atoms with Crippen LogP contribution in [0.2, 0.25) is 39.3 Å². The van der Waals surface area contributed by atoms with Crippen LogP contribution in [0.1, 0.15) is 30.5 Å². The molecule has 300 valence electrons. The van der Waals surface area contributed by atoms with Gasteiger partial charge in [0.2, 0.25) is 0 Å². The highest BCUT2D eigenvalue weighted by Crippen LogP contribution is 2.52. The minimum absolute atomic E-state index is 0.0660. The number of anilines is 1. The molecule has 0 spiro atoms. The lowest BCUT2D eigenvalue weighted by Gasteiger charge is -2.34. The number of hydrogen-bond acceptors (Lipinski definition) is 7. The summed E-state index contributed by atoms with van der Waals surface area (Å²) in [6.07, 6.45) is 9.97. The molecule has 3 aliphatic carbocycles. The van der Waals surface area contributed by atoms with Crippen molar-refractivity contribution in [2.24, 2.45) is 18.6 Å². The first-order valence-corrected chi connectivity index (χ1v) is 28.6. The van der Waals surface area contributed by atoms with Gasteiger partial charge in [0.05, 0.1) is 44.9 Å². The number of benzene rings is 5. The molecule has 1 heterocycles. The predicted molar refractivity (Wildman–Crippen MR) is 262 cm³/mol. The summed E-state index contributed by atoms with van der Waals surface area (Å²) < 4.78 is 21.0. The predicted octanol–water partition coefficient (Wildman–Crippen LogP) is 10.9. The summed E-state index contributed by atoms with van der Waals surface area (Å²) in [6.45, 7) is 17.5. The van der Waals surface area contributed by atoms with Gasteiger partial charge in [0, 0.05) is 16.6 Å². The Morgan fingerprint density at radius 3 is 1.95 bits per heavy atom. The zero-order chi connectivity index (χ0) is 42.8. The minimum Gasteiger partial charge on any atom is -0.321 e. The lowest BCUT2D eigenvalue weighted by molar-refractivity contribution is 0.660. The van der Waals surface area contributed by atoms with E-state index in [9.17, 15) is 10.8 Å². The van der Waals surface area contributed by atoms with E-state index in [2.05, 4.69) is 143 Å². The average Bonchev–Trinajstić information content (AvgIpc) is 3.69. The first-order valence-electron chi connectivity index (χ1n) is 20.8. The van der Waals surface area contributed by atoms with Crippen molar-refractivity contribution in [1.82, 2.24) is 0 Å². The van der Waals surface area contributed by atoms with E-state index >= 15 is 0 Å². The quantitative estimate of drug-likeness (QED) is 0.118. The topological polar surface area (TPSA) is 100 Å². The Morgan fingerprint density at radius 2 is 1.23 bits per heavy atom. The largest absolute Gasteiger partial charge is 0.321 e. The van der Waals surface area contributed by atoms with Gasteiger partial charge < -0.3 is 14.2 Å². The minimum atomic E-state index is -2.45. The van der Waals surface area contributed by atoms with Crippen molar-refractivity contribution in [3.63, 3.8) is 0 Å². The van der Waals surface area contributed by atoms with Gasteiger partial charge in [-0.1, -0.05) is 149 Å². The van der Waals surface area contributed by atoms with Gasteiger partial charge in [0.15, 0.2) is 17.9 Å². The molecule has 4 aliphatic rings. The van der Waals surface area contributed by atoms with Gasteiger partial charge in [-0.25, -0.2) is 0 Å². The van der Waals surface area contributed by atoms with E-state index in [1.54, 1.807) is 0 Å². The van der Waals surface area contributed by atoms with E-state index in [-0.39, 0.29) is 5.41 Å². The molecular formula is C51H49N7Si3. The van der Waals surface area contributed by atoms with E-state index in [1.807, 2.05) is 54.6 Å². The normalized spacial score (nSPS) is 18.4. The van der Waals surface area contributed by atoms with Crippen molar-refractivity contribution in [3.05, 3.63) is 178 Å². The number of fused-ring (bicyclic) bond motifs is 4. The zero-order valence-electron chi connectivity index (χ0n) is 36.0. The molecule has 2 N–H and O–H groups in total. The van der Waals surface area contributed by atoms with Crippen molar-refractivity contribution in [3.8, 4) is 33.4 Å². The SMILES string of the molecule is C[Si](C)/N=C1/C=CC=C(N(C2=CC=C(c3ccccc3)C(=N)/C2=N\[Si](C)C)c2ccc(-c3ccc(-c4cccc5c4-c4ccccc4C5(C)C)cc3)c3c2=N[Si](C)(C)N=3)C1=N. The molecule has 0 amide bonds. The third-order valence-corrected chi connectivity index (χ3v) is 14.6. The number of rotatable bonds is 8. The van der Waals surface area contributed by atoms with Crippen LogP contribution in [-0.4, -0.2) is 49.2 Å². The van der Waals surface area contributed by atoms with Crippen LogP contribution in [0, 0.1) is 10.8 Å². The molecule has 0 fully saturated rings. The van der Waals surface area contributed by atoms with Crippen molar-refractivity contribution in [2.45, 2.75) is 58.5 Å². The molecule has 0 atom stereocenters. The number of nitrogens with one attached hydrogen (secondary N) is 2. The van der Waals surface area contributed by atoms with Crippen molar-refractivity contribution >= 4 is 60.4 Å². The maximum atomic E-state index is 9.66. The van der Waals surface area contributed by atoms with Gasteiger partial charge in [-0.05, 0) is 88.0 Å². The fourth-order valence-electron chi connectivity index (χ4n) is 9.00. The number of hydrogen-bond donors (Lipinski definition) is 2. The maximum Gasteiger partial charge on any atom is 0.298 e. The highest BCUT2D eigenvalue weighted by molar-refractivity contribution is 6.74. The third-order valence-electron chi connectivity index (χ3n) is 11.7. The van der Waals surface area contributed by atoms with Crippen LogP contribution in [0.15, 0.2) is 170 Å². The highest BCUT2D eigenvalue weighted by atomic mass is 28.3. The smallest absolute Gasteiger partial charge is 0.298 e. The van der Waals surface area contributed by atoms with Crippen LogP contribution < -0.4 is 15.6 Å². The molecular weight excluding hydrogens is 795 g/mol. The Bertz CT molecular complexity index is 3000. The van der Waals surface area contributed by atoms with Crippen LogP contribution in [0.3, 0.4) is 0 Å². The van der Waals surface area contributed by atoms with Gasteiger partial charge in [0.25, 0.3) is 8.40 Å². The fraction of sp³-hybridized carbons (Fsp3) is 0.176. The van der Waals surface area contributed by atoms with E-state index in [1.165, 1.54) is 33.4 Å². The summed E-state index contributed by atoms with van der Waals surface area (Å²) in [5, 5.41) is 21.0. The van der Waals surface area contributed by atoms with E-state index in [4.69, 9.17) is 18.6 Å². The van der Waals surface area contributed by atoms with E-state index in [0.29, 0.717) is 28.5 Å². The molecule has 0 unspecified atom stereocenters. The van der Waals surface area contributed by atoms with Crippen molar-refractivity contribution < 1.29 is 0 Å². The lowest BCUT2D eigenvalue weighted by Crippen LogP contribution is -2.42. The molecule has 7 nitrogen and oxygen atoms in total. The summed E-state index contributed by atoms with van der Waals surface area (Å²) in [7, 11) is -4.68. The van der Waals surface area contributed by atoms with Gasteiger partial charge >= 0.3 is 0 Å². The molecule has 0 aromatic heterocycles. The first-order chi connectivity index (χ1) is 29.2. The van der Waals surface area contributed by atoms with Gasteiger partial charge in [-0.15, -0.1) is 0 Å². The fourth-order valence-corrected chi connectivity index (χ4v) is 11.9. The molecule has 0 saturated carbocycles. The molecule has 1 aliphatic heterocycles. The molecule has 10 heteroatoms. The maximum absolute atomic E-state index is 9.66. The highest BCUT2D eigenvalue weighted by Gasteiger charge is 2.37. The Labute approximate surface area is 363 Å². The van der Waals surface area contributed by atoms with Crippen LogP contribution in [0.5, 0.6) is 0 Å². The Hall–Kier alpha value is -6.21. The zero-order valence-corrected chi connectivity index (χ0v) is 39.0. The molecule has 9 rings (SSSR count). The Balaban J connectivity index is 1.21. The monoisotopic (exact) mass is 843 g/mol. The van der Waals surface area contributed by atoms with Crippen molar-refractivity contribution in [1.29, 1.82) is 10.8 Å². The number of allylic oxidation sites excluding steroid dienone is 8. The summed E-state index contributed by atoms with van der Waals surface area (Å²) in [4.78, 5) is 2.10. The molecule has 2 radical (unpaired) electrons. The third kappa shape index (κ3) is 7.08.